The predicted octanol–water partition coefficient (Wildman–Crippen LogP) is -1.05. The largest absolute Gasteiger partial charge is 0.480 e. The van der Waals surface area contributed by atoms with Gasteiger partial charge in [-0.1, -0.05) is 0 Å². The van der Waals surface area contributed by atoms with Crippen molar-refractivity contribution in [2.24, 2.45) is 5.73 Å². The van der Waals surface area contributed by atoms with Crippen LogP contribution in [0.4, 0.5) is 0 Å². The van der Waals surface area contributed by atoms with Gasteiger partial charge >= 0.3 is 13.6 Å². The minimum Gasteiger partial charge on any atom is -0.480 e. The molecule has 5 nitrogen and oxygen atoms in total. The highest BCUT2D eigenvalue weighted by Gasteiger charge is 2.09. The second-order valence-electron chi connectivity index (χ2n) is 2.39. The van der Waals surface area contributed by atoms with Crippen LogP contribution in [0.3, 0.4) is 0 Å². The van der Waals surface area contributed by atoms with Crippen LogP contribution in [0.5, 0.6) is 0 Å². The molecule has 1 radical (unpaired) electrons. The van der Waals surface area contributed by atoms with Crippen molar-refractivity contribution in [3.05, 3.63) is 0 Å². The smallest absolute Gasteiger partial charge is 0.395 e. The average Bonchev–Trinajstić information content (AvgIpc) is 2.03. The van der Waals surface area contributed by atoms with Gasteiger partial charge in [-0.25, -0.2) is 0 Å². The molecule has 0 saturated carbocycles. The number of carboxylic acid groups (broad SMARTS) is 1. The summed E-state index contributed by atoms with van der Waals surface area (Å²) in [5.74, 6) is -0.953. The van der Waals surface area contributed by atoms with Crippen LogP contribution in [-0.2, 0) is 9.45 Å². The van der Waals surface area contributed by atoms with E-state index in [1.165, 1.54) is 14.7 Å². The number of rotatable bonds is 7. The van der Waals surface area contributed by atoms with Gasteiger partial charge < -0.3 is 20.7 Å². The Hall–Kier alpha value is -0.585. The van der Waals surface area contributed by atoms with E-state index in [9.17, 15) is 4.79 Å². The van der Waals surface area contributed by atoms with E-state index < -0.39 is 12.0 Å². The van der Waals surface area contributed by atoms with Gasteiger partial charge in [0.25, 0.3) is 0 Å². The topological polar surface area (TPSA) is 84.6 Å². The predicted molar refractivity (Wildman–Crippen MR) is 45.6 cm³/mol. The minimum absolute atomic E-state index is 0.472. The first-order valence-corrected chi connectivity index (χ1v) is 3.74. The van der Waals surface area contributed by atoms with Crippen molar-refractivity contribution in [3.8, 4) is 0 Å². The fourth-order valence-electron chi connectivity index (χ4n) is 0.690. The number of aliphatic carboxylic acids is 1. The van der Waals surface area contributed by atoms with Crippen LogP contribution in [-0.4, -0.2) is 38.4 Å². The van der Waals surface area contributed by atoms with Crippen molar-refractivity contribution in [1.29, 1.82) is 0 Å². The molecule has 12 heavy (non-hydrogen) atoms. The third kappa shape index (κ3) is 6.15. The quantitative estimate of drug-likeness (QED) is 0.338. The van der Waals surface area contributed by atoms with Crippen molar-refractivity contribution in [3.63, 3.8) is 0 Å². The molecule has 0 heterocycles. The van der Waals surface area contributed by atoms with Gasteiger partial charge in [0.1, 0.15) is 6.04 Å². The van der Waals surface area contributed by atoms with Crippen LogP contribution in [0.2, 0.25) is 0 Å². The molecule has 0 spiro atoms. The van der Waals surface area contributed by atoms with Crippen LogP contribution in [0, 0.1) is 0 Å². The first kappa shape index (κ1) is 11.4. The molecule has 0 aliphatic heterocycles. The Morgan fingerprint density at radius 1 is 1.83 bits per heavy atom. The van der Waals surface area contributed by atoms with Gasteiger partial charge in [-0.2, -0.15) is 0 Å². The van der Waals surface area contributed by atoms with Crippen molar-refractivity contribution in [2.75, 3.05) is 13.7 Å². The monoisotopic (exact) mass is 173 g/mol. The van der Waals surface area contributed by atoms with Crippen molar-refractivity contribution < 1.29 is 14.6 Å². The lowest BCUT2D eigenvalue weighted by Gasteiger charge is -2.05. The fraction of sp³-hybridized carbons (Fsp3) is 0.833. The molecule has 6 heteroatoms. The minimum atomic E-state index is -0.953. The maximum absolute atomic E-state index is 10.2. The van der Waals surface area contributed by atoms with E-state index in [0.29, 0.717) is 19.4 Å². The molecular weight excluding hydrogens is 159 g/mol. The van der Waals surface area contributed by atoms with E-state index >= 15 is 0 Å². The molecule has 0 aliphatic rings. The molecule has 69 valence electrons. The molecule has 0 bridgehead atoms. The Balaban J connectivity index is 3.14. The Kier molecular flexibility index (Phi) is 6.74. The van der Waals surface area contributed by atoms with Crippen LogP contribution in [0.15, 0.2) is 0 Å². The number of hydrogen-bond donors (Lipinski definition) is 3. The average molecular weight is 173 g/mol. The number of nitrogens with two attached hydrogens (primary N) is 1. The van der Waals surface area contributed by atoms with Gasteiger partial charge in [-0.3, -0.25) is 4.79 Å². The first-order chi connectivity index (χ1) is 5.68. The van der Waals surface area contributed by atoms with Crippen LogP contribution >= 0.6 is 0 Å². The van der Waals surface area contributed by atoms with Crippen LogP contribution in [0.25, 0.3) is 0 Å². The molecule has 1 atom stereocenters. The molecule has 0 aromatic heterocycles. The molecule has 0 rings (SSSR count). The fourth-order valence-corrected chi connectivity index (χ4v) is 0.690. The molecule has 0 aromatic carbocycles. The molecule has 4 N–H and O–H groups in total. The van der Waals surface area contributed by atoms with Crippen LogP contribution in [0.1, 0.15) is 12.8 Å². The van der Waals surface area contributed by atoms with E-state index in [1.54, 1.807) is 0 Å². The van der Waals surface area contributed by atoms with Crippen LogP contribution < -0.4 is 11.0 Å². The molecule has 1 unspecified atom stereocenters. The summed E-state index contributed by atoms with van der Waals surface area (Å²) < 4.78 is 4.61. The maximum Gasteiger partial charge on any atom is 0.395 e. The summed E-state index contributed by atoms with van der Waals surface area (Å²) in [6.07, 6.45) is 1.19. The zero-order valence-electron chi connectivity index (χ0n) is 7.12. The zero-order valence-corrected chi connectivity index (χ0v) is 7.12. The van der Waals surface area contributed by atoms with E-state index in [1.807, 2.05) is 0 Å². The van der Waals surface area contributed by atoms with Gasteiger partial charge in [-0.05, 0) is 19.4 Å². The summed E-state index contributed by atoms with van der Waals surface area (Å²) in [7, 11) is 2.99. The Labute approximate surface area is 72.6 Å². The second-order valence-corrected chi connectivity index (χ2v) is 2.39. The van der Waals surface area contributed by atoms with Crippen molar-refractivity contribution >= 4 is 13.6 Å². The van der Waals surface area contributed by atoms with Crippen molar-refractivity contribution in [2.45, 2.75) is 18.9 Å². The number of carboxylic acids is 1. The molecular formula is C6H14BN2O3. The highest BCUT2D eigenvalue weighted by Crippen LogP contribution is 1.92. The standard InChI is InChI=1S/C6H14BN2O3/c1-12-7-9-4-2-3-5(8)6(10)11/h5,9H,2-4,8H2,1H3,(H,10,11). The maximum atomic E-state index is 10.2. The summed E-state index contributed by atoms with van der Waals surface area (Å²) in [6.45, 7) is 0.675. The summed E-state index contributed by atoms with van der Waals surface area (Å²) in [4.78, 5) is 10.2. The molecule has 0 fully saturated rings. The van der Waals surface area contributed by atoms with Crippen molar-refractivity contribution in [1.82, 2.24) is 5.23 Å². The summed E-state index contributed by atoms with van der Waals surface area (Å²) >= 11 is 0. The Bertz CT molecular complexity index is 134. The van der Waals surface area contributed by atoms with Gasteiger partial charge in [0.05, 0.1) is 0 Å². The summed E-state index contributed by atoms with van der Waals surface area (Å²) in [5.41, 5.74) is 5.26. The third-order valence-corrected chi connectivity index (χ3v) is 1.35. The molecule has 0 saturated heterocycles. The highest BCUT2D eigenvalue weighted by atomic mass is 16.4. The molecule has 0 aliphatic carbocycles. The van der Waals surface area contributed by atoms with Gasteiger partial charge in [0, 0.05) is 7.11 Å². The van der Waals surface area contributed by atoms with Gasteiger partial charge in [0.2, 0.25) is 0 Å². The second kappa shape index (κ2) is 7.09. The highest BCUT2D eigenvalue weighted by molar-refractivity contribution is 6.23. The third-order valence-electron chi connectivity index (χ3n) is 1.35. The Morgan fingerprint density at radius 3 is 3.00 bits per heavy atom. The van der Waals surface area contributed by atoms with E-state index in [4.69, 9.17) is 10.8 Å². The molecule has 0 aromatic rings. The lowest BCUT2D eigenvalue weighted by Crippen LogP contribution is -2.31. The van der Waals surface area contributed by atoms with E-state index in [-0.39, 0.29) is 0 Å². The molecule has 0 amide bonds. The first-order valence-electron chi connectivity index (χ1n) is 3.74. The Morgan fingerprint density at radius 2 is 2.50 bits per heavy atom. The van der Waals surface area contributed by atoms with E-state index in [0.717, 1.165) is 0 Å². The zero-order chi connectivity index (χ0) is 9.40. The van der Waals surface area contributed by atoms with E-state index in [2.05, 4.69) is 9.88 Å². The lowest BCUT2D eigenvalue weighted by atomic mass is 10.1. The normalized spacial score (nSPS) is 12.5. The summed E-state index contributed by atoms with van der Waals surface area (Å²) in [6, 6.07) is -0.755. The lowest BCUT2D eigenvalue weighted by molar-refractivity contribution is -0.138. The number of hydrogen-bond acceptors (Lipinski definition) is 4. The van der Waals surface area contributed by atoms with Gasteiger partial charge in [-0.15, -0.1) is 0 Å². The summed E-state index contributed by atoms with van der Waals surface area (Å²) in [5, 5.41) is 11.2. The number of nitrogens with one attached hydrogen (secondary N) is 1. The number of carbonyl (C=O) groups is 1. The van der Waals surface area contributed by atoms with Gasteiger partial charge in [0.15, 0.2) is 0 Å². The SMILES string of the molecule is CO[B]NCCCC(N)C(=O)O.